The number of nitrogens with zero attached hydrogens (tertiary/aromatic N) is 1. The molecular weight excluding hydrogens is 333 g/mol. The van der Waals surface area contributed by atoms with Crippen molar-refractivity contribution < 1.29 is 14.0 Å². The second kappa shape index (κ2) is 6.63. The molecule has 0 radical (unpaired) electrons. The maximum atomic E-state index is 13.6. The molecule has 132 valence electrons. The number of rotatable bonds is 4. The first-order valence-corrected chi connectivity index (χ1v) is 8.51. The van der Waals surface area contributed by atoms with E-state index in [1.807, 2.05) is 30.3 Å². The van der Waals surface area contributed by atoms with Crippen molar-refractivity contribution in [1.82, 2.24) is 15.5 Å². The molecule has 4 rings (SSSR count). The predicted molar refractivity (Wildman–Crippen MR) is 94.6 cm³/mol. The van der Waals surface area contributed by atoms with E-state index in [-0.39, 0.29) is 11.9 Å². The standard InChI is InChI=1S/C20H18FN3O2/c21-15-8-4-7-14(11-15)18-17-16(22-20(26)23-18)12-24(19(17)25)10-9-13-5-2-1-3-6-13/h1-8,11,18H,9-10,12H2,(H2,22,23,26)/t18-/m0/s1. The number of urea groups is 1. The molecule has 0 spiro atoms. The minimum Gasteiger partial charge on any atom is -0.333 e. The Bertz CT molecular complexity index is 895. The van der Waals surface area contributed by atoms with Crippen molar-refractivity contribution in [1.29, 1.82) is 0 Å². The van der Waals surface area contributed by atoms with Gasteiger partial charge in [0.2, 0.25) is 0 Å². The highest BCUT2D eigenvalue weighted by molar-refractivity contribution is 6.01. The van der Waals surface area contributed by atoms with Crippen LogP contribution in [0.15, 0.2) is 65.9 Å². The molecule has 1 atom stereocenters. The molecule has 0 aliphatic carbocycles. The second-order valence-electron chi connectivity index (χ2n) is 6.44. The summed E-state index contributed by atoms with van der Waals surface area (Å²) in [5.74, 6) is -0.526. The fourth-order valence-electron chi connectivity index (χ4n) is 3.45. The first-order chi connectivity index (χ1) is 12.6. The number of carbonyl (C=O) groups is 2. The van der Waals surface area contributed by atoms with Crippen molar-refractivity contribution in [2.45, 2.75) is 12.5 Å². The van der Waals surface area contributed by atoms with Crippen LogP contribution in [0.1, 0.15) is 17.2 Å². The van der Waals surface area contributed by atoms with E-state index in [1.54, 1.807) is 17.0 Å². The Kier molecular flexibility index (Phi) is 4.16. The quantitative estimate of drug-likeness (QED) is 0.889. The van der Waals surface area contributed by atoms with Crippen LogP contribution in [0.5, 0.6) is 0 Å². The number of nitrogens with one attached hydrogen (secondary N) is 2. The Morgan fingerprint density at radius 2 is 1.88 bits per heavy atom. The molecule has 2 N–H and O–H groups in total. The fourth-order valence-corrected chi connectivity index (χ4v) is 3.45. The molecule has 26 heavy (non-hydrogen) atoms. The fraction of sp³-hybridized carbons (Fsp3) is 0.200. The smallest absolute Gasteiger partial charge is 0.319 e. The summed E-state index contributed by atoms with van der Waals surface area (Å²) in [6.45, 7) is 0.918. The number of hydrogen-bond acceptors (Lipinski definition) is 2. The summed E-state index contributed by atoms with van der Waals surface area (Å²) in [5.41, 5.74) is 2.80. The van der Waals surface area contributed by atoms with E-state index < -0.39 is 11.9 Å². The lowest BCUT2D eigenvalue weighted by atomic mass is 9.96. The SMILES string of the molecule is O=C1NC2=C(C(=O)N(CCc3ccccc3)C2)[C@H](c2cccc(F)c2)N1. The second-order valence-corrected chi connectivity index (χ2v) is 6.44. The Hall–Kier alpha value is -3.15. The van der Waals surface area contributed by atoms with Crippen LogP contribution in [0.2, 0.25) is 0 Å². The van der Waals surface area contributed by atoms with Gasteiger partial charge in [0.1, 0.15) is 5.82 Å². The summed E-state index contributed by atoms with van der Waals surface area (Å²) in [6, 6.07) is 14.9. The van der Waals surface area contributed by atoms with Crippen LogP contribution < -0.4 is 10.6 Å². The van der Waals surface area contributed by atoms with Crippen molar-refractivity contribution in [3.05, 3.63) is 82.8 Å². The zero-order valence-electron chi connectivity index (χ0n) is 14.0. The molecule has 0 unspecified atom stereocenters. The normalized spacial score (nSPS) is 19.3. The van der Waals surface area contributed by atoms with E-state index in [4.69, 9.17) is 0 Å². The average molecular weight is 351 g/mol. The van der Waals surface area contributed by atoms with E-state index in [0.717, 1.165) is 12.0 Å². The molecule has 3 amide bonds. The summed E-state index contributed by atoms with van der Waals surface area (Å²) in [6.07, 6.45) is 0.735. The minimum atomic E-state index is -0.635. The summed E-state index contributed by atoms with van der Waals surface area (Å²) in [7, 11) is 0. The van der Waals surface area contributed by atoms with Crippen molar-refractivity contribution in [3.63, 3.8) is 0 Å². The van der Waals surface area contributed by atoms with Crippen LogP contribution in [0, 0.1) is 5.82 Å². The van der Waals surface area contributed by atoms with Gasteiger partial charge in [-0.25, -0.2) is 9.18 Å². The van der Waals surface area contributed by atoms with Gasteiger partial charge in [0.15, 0.2) is 0 Å². The lowest BCUT2D eigenvalue weighted by Gasteiger charge is -2.25. The number of carbonyl (C=O) groups excluding carboxylic acids is 2. The van der Waals surface area contributed by atoms with Gasteiger partial charge in [-0.3, -0.25) is 4.79 Å². The van der Waals surface area contributed by atoms with Crippen LogP contribution >= 0.6 is 0 Å². The van der Waals surface area contributed by atoms with Crippen LogP contribution in [-0.2, 0) is 11.2 Å². The number of amides is 3. The van der Waals surface area contributed by atoms with E-state index in [2.05, 4.69) is 10.6 Å². The molecule has 6 heteroatoms. The van der Waals surface area contributed by atoms with Crippen LogP contribution in [0.25, 0.3) is 0 Å². The molecule has 2 aliphatic heterocycles. The molecule has 0 aromatic heterocycles. The summed E-state index contributed by atoms with van der Waals surface area (Å²) in [4.78, 5) is 26.6. The van der Waals surface area contributed by atoms with Gasteiger partial charge in [-0.1, -0.05) is 42.5 Å². The minimum absolute atomic E-state index is 0.127. The van der Waals surface area contributed by atoms with Crippen LogP contribution in [0.4, 0.5) is 9.18 Å². The summed E-state index contributed by atoms with van der Waals surface area (Å²) < 4.78 is 13.6. The third kappa shape index (κ3) is 3.06. The Morgan fingerprint density at radius 3 is 2.65 bits per heavy atom. The monoisotopic (exact) mass is 351 g/mol. The number of benzene rings is 2. The average Bonchev–Trinajstić information content (AvgIpc) is 2.96. The van der Waals surface area contributed by atoms with E-state index >= 15 is 0 Å². The zero-order valence-corrected chi connectivity index (χ0v) is 14.0. The Balaban J connectivity index is 1.56. The van der Waals surface area contributed by atoms with Crippen LogP contribution in [-0.4, -0.2) is 29.9 Å². The van der Waals surface area contributed by atoms with Gasteiger partial charge >= 0.3 is 6.03 Å². The Labute approximate surface area is 150 Å². The highest BCUT2D eigenvalue weighted by Crippen LogP contribution is 2.32. The van der Waals surface area contributed by atoms with Gasteiger partial charge in [-0.05, 0) is 29.7 Å². The lowest BCUT2D eigenvalue weighted by Crippen LogP contribution is -2.44. The predicted octanol–water partition coefficient (Wildman–Crippen LogP) is 2.52. The largest absolute Gasteiger partial charge is 0.333 e. The van der Waals surface area contributed by atoms with Crippen molar-refractivity contribution in [3.8, 4) is 0 Å². The molecule has 5 nitrogen and oxygen atoms in total. The number of hydrogen-bond donors (Lipinski definition) is 2. The van der Waals surface area contributed by atoms with Crippen molar-refractivity contribution >= 4 is 11.9 Å². The van der Waals surface area contributed by atoms with E-state index in [1.165, 1.54) is 12.1 Å². The molecule has 0 fully saturated rings. The molecule has 0 saturated heterocycles. The third-order valence-corrected chi connectivity index (χ3v) is 4.72. The molecule has 0 bridgehead atoms. The first-order valence-electron chi connectivity index (χ1n) is 8.51. The summed E-state index contributed by atoms with van der Waals surface area (Å²) in [5, 5.41) is 5.46. The highest BCUT2D eigenvalue weighted by atomic mass is 19.1. The van der Waals surface area contributed by atoms with Gasteiger partial charge in [0.25, 0.3) is 5.91 Å². The maximum absolute atomic E-state index is 13.6. The molecule has 2 aliphatic rings. The van der Waals surface area contributed by atoms with Gasteiger partial charge < -0.3 is 15.5 Å². The third-order valence-electron chi connectivity index (χ3n) is 4.72. The summed E-state index contributed by atoms with van der Waals surface area (Å²) >= 11 is 0. The van der Waals surface area contributed by atoms with Crippen molar-refractivity contribution in [2.24, 2.45) is 0 Å². The number of halogens is 1. The maximum Gasteiger partial charge on any atom is 0.319 e. The van der Waals surface area contributed by atoms with E-state index in [0.29, 0.717) is 29.9 Å². The highest BCUT2D eigenvalue weighted by Gasteiger charge is 2.40. The first kappa shape index (κ1) is 16.3. The zero-order chi connectivity index (χ0) is 18.1. The molecular formula is C20H18FN3O2. The molecule has 0 saturated carbocycles. The van der Waals surface area contributed by atoms with Crippen molar-refractivity contribution in [2.75, 3.05) is 13.1 Å². The topological polar surface area (TPSA) is 61.4 Å². The van der Waals surface area contributed by atoms with Gasteiger partial charge in [-0.15, -0.1) is 0 Å². The van der Waals surface area contributed by atoms with Gasteiger partial charge in [0, 0.05) is 6.54 Å². The van der Waals surface area contributed by atoms with Gasteiger partial charge in [0.05, 0.1) is 23.9 Å². The van der Waals surface area contributed by atoms with Gasteiger partial charge in [-0.2, -0.15) is 0 Å². The van der Waals surface area contributed by atoms with Crippen LogP contribution in [0.3, 0.4) is 0 Å². The Morgan fingerprint density at radius 1 is 1.08 bits per heavy atom. The van der Waals surface area contributed by atoms with E-state index in [9.17, 15) is 14.0 Å². The molecule has 2 heterocycles. The molecule has 2 aromatic rings. The molecule has 2 aromatic carbocycles. The lowest BCUT2D eigenvalue weighted by molar-refractivity contribution is -0.125.